The van der Waals surface area contributed by atoms with E-state index in [1.807, 2.05) is 24.3 Å². The second-order valence-electron chi connectivity index (χ2n) is 9.10. The SMILES string of the molecule is Cc1cccc(/C=C2\CCCc3c2nc2ccccc2c3C(=O)OC(C)C(=O)NC2CC2)c1. The number of pyridine rings is 1. The Kier molecular flexibility index (Phi) is 5.71. The molecule has 5 nitrogen and oxygen atoms in total. The van der Waals surface area contributed by atoms with E-state index < -0.39 is 12.1 Å². The van der Waals surface area contributed by atoms with Gasteiger partial charge in [0, 0.05) is 11.4 Å². The van der Waals surface area contributed by atoms with Crippen LogP contribution in [0.3, 0.4) is 0 Å². The van der Waals surface area contributed by atoms with Gasteiger partial charge >= 0.3 is 5.97 Å². The smallest absolute Gasteiger partial charge is 0.339 e. The Hall–Kier alpha value is -3.47. The van der Waals surface area contributed by atoms with Crippen LogP contribution in [0.1, 0.15) is 65.3 Å². The first-order valence-electron chi connectivity index (χ1n) is 11.7. The molecule has 1 saturated carbocycles. The lowest BCUT2D eigenvalue weighted by Gasteiger charge is -2.23. The molecule has 33 heavy (non-hydrogen) atoms. The van der Waals surface area contributed by atoms with Crippen LogP contribution < -0.4 is 5.32 Å². The maximum Gasteiger partial charge on any atom is 0.339 e. The third kappa shape index (κ3) is 4.54. The molecule has 5 heteroatoms. The first-order valence-corrected chi connectivity index (χ1v) is 11.7. The molecule has 1 atom stereocenters. The van der Waals surface area contributed by atoms with Gasteiger partial charge in [-0.15, -0.1) is 0 Å². The van der Waals surface area contributed by atoms with Gasteiger partial charge in [0.1, 0.15) is 0 Å². The van der Waals surface area contributed by atoms with Gasteiger partial charge in [0.15, 0.2) is 6.10 Å². The van der Waals surface area contributed by atoms with Crippen LogP contribution in [0.15, 0.2) is 48.5 Å². The van der Waals surface area contributed by atoms with Crippen molar-refractivity contribution >= 4 is 34.4 Å². The third-order valence-electron chi connectivity index (χ3n) is 6.33. The molecule has 1 fully saturated rings. The van der Waals surface area contributed by atoms with Gasteiger partial charge in [-0.05, 0) is 74.8 Å². The van der Waals surface area contributed by atoms with E-state index in [0.717, 1.165) is 65.4 Å². The molecular weight excluding hydrogens is 412 g/mol. The summed E-state index contributed by atoms with van der Waals surface area (Å²) in [5.41, 5.74) is 6.53. The Bertz CT molecular complexity index is 1270. The number of fused-ring (bicyclic) bond motifs is 2. The number of hydrogen-bond donors (Lipinski definition) is 1. The van der Waals surface area contributed by atoms with Crippen LogP contribution >= 0.6 is 0 Å². The Labute approximate surface area is 193 Å². The molecule has 3 aromatic rings. The summed E-state index contributed by atoms with van der Waals surface area (Å²) in [5.74, 6) is -0.696. The second-order valence-corrected chi connectivity index (χ2v) is 9.10. The molecule has 0 aliphatic heterocycles. The van der Waals surface area contributed by atoms with E-state index in [9.17, 15) is 9.59 Å². The average Bonchev–Trinajstić information content (AvgIpc) is 3.61. The monoisotopic (exact) mass is 440 g/mol. The number of nitrogens with one attached hydrogen (secondary N) is 1. The van der Waals surface area contributed by atoms with Gasteiger partial charge in [-0.1, -0.05) is 48.0 Å². The van der Waals surface area contributed by atoms with Crippen LogP contribution in [0, 0.1) is 6.92 Å². The molecule has 5 rings (SSSR count). The summed E-state index contributed by atoms with van der Waals surface area (Å²) >= 11 is 0. The van der Waals surface area contributed by atoms with Crippen molar-refractivity contribution in [1.29, 1.82) is 0 Å². The Balaban J connectivity index is 1.56. The van der Waals surface area contributed by atoms with E-state index in [4.69, 9.17) is 9.72 Å². The maximum atomic E-state index is 13.4. The summed E-state index contributed by atoms with van der Waals surface area (Å²) in [7, 11) is 0. The van der Waals surface area contributed by atoms with E-state index in [2.05, 4.69) is 42.6 Å². The lowest BCUT2D eigenvalue weighted by atomic mass is 9.86. The minimum Gasteiger partial charge on any atom is -0.449 e. The van der Waals surface area contributed by atoms with Crippen molar-refractivity contribution in [3.05, 3.63) is 76.5 Å². The summed E-state index contributed by atoms with van der Waals surface area (Å²) in [6.45, 7) is 3.71. The number of rotatable bonds is 5. The number of nitrogens with zero attached hydrogens (tertiary/aromatic N) is 1. The predicted molar refractivity (Wildman–Crippen MR) is 130 cm³/mol. The number of para-hydroxylation sites is 1. The molecule has 2 aliphatic rings. The zero-order chi connectivity index (χ0) is 22.9. The molecule has 2 aliphatic carbocycles. The van der Waals surface area contributed by atoms with Gasteiger partial charge in [-0.25, -0.2) is 9.78 Å². The van der Waals surface area contributed by atoms with Gasteiger partial charge < -0.3 is 10.1 Å². The van der Waals surface area contributed by atoms with Gasteiger partial charge in [0.05, 0.1) is 16.8 Å². The fraction of sp³-hybridized carbons (Fsp3) is 0.321. The second kappa shape index (κ2) is 8.81. The summed E-state index contributed by atoms with van der Waals surface area (Å²) in [6.07, 6.45) is 5.91. The van der Waals surface area contributed by atoms with E-state index in [1.54, 1.807) is 6.92 Å². The highest BCUT2D eigenvalue weighted by Gasteiger charge is 2.30. The Morgan fingerprint density at radius 2 is 1.94 bits per heavy atom. The normalized spacial score (nSPS) is 17.5. The summed E-state index contributed by atoms with van der Waals surface area (Å²) in [4.78, 5) is 30.8. The van der Waals surface area contributed by atoms with Crippen molar-refractivity contribution in [2.24, 2.45) is 0 Å². The average molecular weight is 441 g/mol. The molecule has 1 amide bonds. The molecule has 0 radical (unpaired) electrons. The Morgan fingerprint density at radius 3 is 2.73 bits per heavy atom. The van der Waals surface area contributed by atoms with Crippen LogP contribution in [0.25, 0.3) is 22.6 Å². The topological polar surface area (TPSA) is 68.3 Å². The fourth-order valence-electron chi connectivity index (χ4n) is 4.49. The highest BCUT2D eigenvalue weighted by atomic mass is 16.5. The minimum atomic E-state index is -0.841. The van der Waals surface area contributed by atoms with Crippen LogP contribution in [0.2, 0.25) is 0 Å². The van der Waals surface area contributed by atoms with Crippen LogP contribution in [-0.4, -0.2) is 29.0 Å². The molecular formula is C28H28N2O3. The molecule has 1 heterocycles. The number of esters is 1. The van der Waals surface area contributed by atoms with Gasteiger partial charge in [0.2, 0.25) is 0 Å². The van der Waals surface area contributed by atoms with Crippen molar-refractivity contribution in [1.82, 2.24) is 10.3 Å². The van der Waals surface area contributed by atoms with E-state index in [-0.39, 0.29) is 11.9 Å². The van der Waals surface area contributed by atoms with Gasteiger partial charge in [0.25, 0.3) is 5.91 Å². The first kappa shape index (κ1) is 21.4. The first-order chi connectivity index (χ1) is 16.0. The molecule has 1 N–H and O–H groups in total. The van der Waals surface area contributed by atoms with Crippen molar-refractivity contribution in [3.63, 3.8) is 0 Å². The van der Waals surface area contributed by atoms with Gasteiger partial charge in [-0.2, -0.15) is 0 Å². The number of carbonyl (C=O) groups excluding carboxylic acids is 2. The van der Waals surface area contributed by atoms with Crippen molar-refractivity contribution < 1.29 is 14.3 Å². The largest absolute Gasteiger partial charge is 0.449 e. The van der Waals surface area contributed by atoms with Crippen molar-refractivity contribution in [2.45, 2.75) is 58.1 Å². The van der Waals surface area contributed by atoms with Crippen LogP contribution in [-0.2, 0) is 16.0 Å². The molecule has 2 aromatic carbocycles. The zero-order valence-electron chi connectivity index (χ0n) is 19.1. The highest BCUT2D eigenvalue weighted by Crippen LogP contribution is 2.36. The standard InChI is InChI=1S/C28H28N2O3/c1-17-7-5-8-19(15-17)16-20-9-6-11-23-25(22-10-3-4-12-24(22)30-26(20)23)28(32)33-18(2)27(31)29-21-13-14-21/h3-5,7-8,10,12,15-16,18,21H,6,9,11,13-14H2,1-2H3,(H,29,31)/b20-16+. The molecule has 1 unspecified atom stereocenters. The number of aromatic nitrogens is 1. The fourth-order valence-corrected chi connectivity index (χ4v) is 4.49. The summed E-state index contributed by atoms with van der Waals surface area (Å²) in [5, 5.41) is 3.68. The molecule has 0 bridgehead atoms. The third-order valence-corrected chi connectivity index (χ3v) is 6.33. The number of allylic oxidation sites excluding steroid dienone is 1. The van der Waals surface area contributed by atoms with Crippen LogP contribution in [0.4, 0.5) is 0 Å². The lowest BCUT2D eigenvalue weighted by molar-refractivity contribution is -0.129. The molecule has 0 spiro atoms. The molecule has 1 aromatic heterocycles. The number of aryl methyl sites for hydroxylation is 1. The van der Waals surface area contributed by atoms with E-state index in [0.29, 0.717) is 5.56 Å². The lowest BCUT2D eigenvalue weighted by Crippen LogP contribution is -2.37. The zero-order valence-corrected chi connectivity index (χ0v) is 19.1. The quantitative estimate of drug-likeness (QED) is 0.551. The Morgan fingerprint density at radius 1 is 1.12 bits per heavy atom. The number of benzene rings is 2. The van der Waals surface area contributed by atoms with Gasteiger partial charge in [-0.3, -0.25) is 4.79 Å². The van der Waals surface area contributed by atoms with Crippen molar-refractivity contribution in [3.8, 4) is 0 Å². The summed E-state index contributed by atoms with van der Waals surface area (Å²) < 4.78 is 5.67. The maximum absolute atomic E-state index is 13.4. The van der Waals surface area contributed by atoms with E-state index in [1.165, 1.54) is 5.56 Å². The summed E-state index contributed by atoms with van der Waals surface area (Å²) in [6, 6.07) is 16.3. The predicted octanol–water partition coefficient (Wildman–Crippen LogP) is 5.24. The van der Waals surface area contributed by atoms with Crippen molar-refractivity contribution in [2.75, 3.05) is 0 Å². The molecule has 168 valence electrons. The van der Waals surface area contributed by atoms with E-state index >= 15 is 0 Å². The number of amides is 1. The molecule has 0 saturated heterocycles. The number of carbonyl (C=O) groups is 2. The number of hydrogen-bond acceptors (Lipinski definition) is 4. The minimum absolute atomic E-state index is 0.225. The number of ether oxygens (including phenoxy) is 1. The van der Waals surface area contributed by atoms with Crippen LogP contribution in [0.5, 0.6) is 0 Å². The highest BCUT2D eigenvalue weighted by molar-refractivity contribution is 6.07.